The van der Waals surface area contributed by atoms with Crippen LogP contribution in [0.15, 0.2) is 82.4 Å². The number of hydrogen-bond donors (Lipinski definition) is 2. The van der Waals surface area contributed by atoms with E-state index in [1.807, 2.05) is 23.1 Å². The topological polar surface area (TPSA) is 106 Å². The molecule has 0 radical (unpaired) electrons. The number of nitrogens with one attached hydrogen (secondary N) is 1. The number of halogens is 5. The molecule has 9 nitrogen and oxygen atoms in total. The van der Waals surface area contributed by atoms with E-state index >= 15 is 0 Å². The summed E-state index contributed by atoms with van der Waals surface area (Å²) in [4.78, 5) is 41.8. The van der Waals surface area contributed by atoms with Gasteiger partial charge in [-0.1, -0.05) is 54.6 Å². The highest BCUT2D eigenvalue weighted by molar-refractivity contribution is 5.66. The molecule has 1 unspecified atom stereocenters. The van der Waals surface area contributed by atoms with E-state index in [9.17, 15) is 36.3 Å². The molecule has 2 aliphatic rings. The van der Waals surface area contributed by atoms with E-state index in [2.05, 4.69) is 5.32 Å². The van der Waals surface area contributed by atoms with Crippen molar-refractivity contribution in [3.05, 3.63) is 139 Å². The minimum absolute atomic E-state index is 0.0844. The predicted molar refractivity (Wildman–Crippen MR) is 177 cm³/mol. The number of nitrogens with zero attached hydrogens (tertiary/aromatic N) is 3. The van der Waals surface area contributed by atoms with Gasteiger partial charge in [0.15, 0.2) is 0 Å². The second-order valence-corrected chi connectivity index (χ2v) is 13.0. The van der Waals surface area contributed by atoms with Crippen molar-refractivity contribution in [2.24, 2.45) is 0 Å². The van der Waals surface area contributed by atoms with E-state index in [0.29, 0.717) is 25.1 Å². The summed E-state index contributed by atoms with van der Waals surface area (Å²) in [6, 6.07) is 16.9. The molecule has 0 bridgehead atoms. The minimum Gasteiger partial charge on any atom is -0.481 e. The Kier molecular flexibility index (Phi) is 10.6. The maximum absolute atomic E-state index is 14.9. The van der Waals surface area contributed by atoms with Gasteiger partial charge in [0.2, 0.25) is 0 Å². The molecule has 0 aliphatic carbocycles. The highest BCUT2D eigenvalue weighted by Crippen LogP contribution is 2.43. The van der Waals surface area contributed by atoms with E-state index in [0.717, 1.165) is 34.4 Å². The molecule has 4 aromatic rings. The number of aliphatic carboxylic acids is 1. The Morgan fingerprint density at radius 2 is 1.61 bits per heavy atom. The van der Waals surface area contributed by atoms with Crippen molar-refractivity contribution in [2.45, 2.75) is 69.7 Å². The first-order valence-electron chi connectivity index (χ1n) is 16.7. The molecule has 2 N–H and O–H groups in total. The lowest BCUT2D eigenvalue weighted by molar-refractivity contribution is -0.138. The molecule has 2 aliphatic heterocycles. The number of fused-ring (bicyclic) bond motifs is 2. The molecule has 1 fully saturated rings. The van der Waals surface area contributed by atoms with Gasteiger partial charge in [-0.3, -0.25) is 23.6 Å². The molecule has 1 spiro atoms. The van der Waals surface area contributed by atoms with Gasteiger partial charge in [0, 0.05) is 31.6 Å². The summed E-state index contributed by atoms with van der Waals surface area (Å²) in [5.74, 6) is -2.67. The quantitative estimate of drug-likeness (QED) is 0.146. The summed E-state index contributed by atoms with van der Waals surface area (Å²) in [7, 11) is 0. The average molecular weight is 713 g/mol. The Balaban J connectivity index is 1.36. The van der Waals surface area contributed by atoms with Gasteiger partial charge in [0.05, 0.1) is 42.6 Å². The Morgan fingerprint density at radius 1 is 0.922 bits per heavy atom. The van der Waals surface area contributed by atoms with Crippen molar-refractivity contribution >= 4 is 5.97 Å². The van der Waals surface area contributed by atoms with Crippen molar-refractivity contribution in [2.75, 3.05) is 19.6 Å². The van der Waals surface area contributed by atoms with Gasteiger partial charge in [-0.05, 0) is 55.1 Å². The maximum Gasteiger partial charge on any atom is 0.416 e. The molecular weight excluding hydrogens is 675 g/mol. The third-order valence-corrected chi connectivity index (χ3v) is 9.70. The molecule has 6 rings (SSSR count). The van der Waals surface area contributed by atoms with Crippen LogP contribution in [0, 0.1) is 11.6 Å². The van der Waals surface area contributed by atoms with Gasteiger partial charge in [0.25, 0.3) is 5.56 Å². The number of ether oxygens (including phenoxy) is 1. The van der Waals surface area contributed by atoms with E-state index in [1.54, 1.807) is 18.2 Å². The van der Waals surface area contributed by atoms with Crippen molar-refractivity contribution in [3.63, 3.8) is 0 Å². The van der Waals surface area contributed by atoms with Gasteiger partial charge in [-0.15, -0.1) is 0 Å². The van der Waals surface area contributed by atoms with Crippen LogP contribution in [0.3, 0.4) is 0 Å². The Labute approximate surface area is 289 Å². The lowest BCUT2D eigenvalue weighted by Gasteiger charge is -2.39. The van der Waals surface area contributed by atoms with Gasteiger partial charge >= 0.3 is 17.8 Å². The van der Waals surface area contributed by atoms with Crippen LogP contribution in [-0.2, 0) is 47.5 Å². The lowest BCUT2D eigenvalue weighted by atomic mass is 9.85. The molecule has 3 heterocycles. The third kappa shape index (κ3) is 7.82. The Hall–Kier alpha value is -4.66. The molecule has 51 heavy (non-hydrogen) atoms. The largest absolute Gasteiger partial charge is 0.481 e. The summed E-state index contributed by atoms with van der Waals surface area (Å²) in [6.45, 7) is 0.439. The van der Waals surface area contributed by atoms with Crippen LogP contribution in [0.4, 0.5) is 22.0 Å². The normalized spacial score (nSPS) is 16.3. The van der Waals surface area contributed by atoms with E-state index in [-0.39, 0.29) is 62.3 Å². The number of aromatic nitrogens is 2. The molecule has 270 valence electrons. The predicted octanol–water partition coefficient (Wildman–Crippen LogP) is 5.57. The first-order valence-corrected chi connectivity index (χ1v) is 16.7. The van der Waals surface area contributed by atoms with E-state index < -0.39 is 58.8 Å². The lowest BCUT2D eigenvalue weighted by Crippen LogP contribution is -2.50. The van der Waals surface area contributed by atoms with Crippen LogP contribution in [-0.4, -0.2) is 44.7 Å². The molecule has 3 aromatic carbocycles. The Bertz CT molecular complexity index is 1990. The average Bonchev–Trinajstić information content (AvgIpc) is 3.46. The van der Waals surface area contributed by atoms with Gasteiger partial charge in [-0.25, -0.2) is 13.6 Å². The van der Waals surface area contributed by atoms with Crippen molar-refractivity contribution < 1.29 is 36.6 Å². The second-order valence-electron chi connectivity index (χ2n) is 13.0. The number of alkyl halides is 3. The van der Waals surface area contributed by atoms with Crippen LogP contribution in [0.5, 0.6) is 0 Å². The van der Waals surface area contributed by atoms with Crippen molar-refractivity contribution in [1.29, 1.82) is 0 Å². The molecule has 0 saturated carbocycles. The highest BCUT2D eigenvalue weighted by Gasteiger charge is 2.47. The number of hydrogen-bond acceptors (Lipinski definition) is 6. The van der Waals surface area contributed by atoms with Gasteiger partial charge < -0.3 is 15.2 Å². The highest BCUT2D eigenvalue weighted by atomic mass is 19.4. The van der Waals surface area contributed by atoms with Crippen LogP contribution < -0.4 is 16.6 Å². The third-order valence-electron chi connectivity index (χ3n) is 9.70. The summed E-state index contributed by atoms with van der Waals surface area (Å²) in [6.07, 6.45) is -3.69. The summed E-state index contributed by atoms with van der Waals surface area (Å²) < 4.78 is 78.4. The maximum atomic E-state index is 14.9. The van der Waals surface area contributed by atoms with Crippen molar-refractivity contribution in [3.8, 4) is 0 Å². The summed E-state index contributed by atoms with van der Waals surface area (Å²) in [5.41, 5.74) is -1.95. The van der Waals surface area contributed by atoms with Crippen molar-refractivity contribution in [1.82, 2.24) is 19.4 Å². The fourth-order valence-corrected chi connectivity index (χ4v) is 7.04. The number of carbonyl (C=O) groups is 1. The number of carboxylic acids is 1. The van der Waals surface area contributed by atoms with Crippen LogP contribution in [0.1, 0.15) is 65.2 Å². The summed E-state index contributed by atoms with van der Waals surface area (Å²) >= 11 is 0. The zero-order valence-electron chi connectivity index (χ0n) is 27.6. The Morgan fingerprint density at radius 3 is 2.27 bits per heavy atom. The zero-order valence-corrected chi connectivity index (χ0v) is 27.6. The van der Waals surface area contributed by atoms with Gasteiger partial charge in [0.1, 0.15) is 17.2 Å². The molecule has 0 amide bonds. The van der Waals surface area contributed by atoms with Gasteiger partial charge in [-0.2, -0.15) is 13.2 Å². The molecule has 1 aromatic heterocycles. The molecule has 1 atom stereocenters. The molecule has 1 saturated heterocycles. The van der Waals surface area contributed by atoms with Crippen LogP contribution >= 0.6 is 0 Å². The SMILES string of the molecule is O=C(O)CCCNC(Cn1c(=O)c2c(n(Cc3c(F)cccc3F)c1=O)COC21CCN(Cc2cccc(C(F)(F)F)c2)CC1)c1ccccc1. The fourth-order valence-electron chi connectivity index (χ4n) is 7.04. The number of piperidine rings is 1. The standard InChI is InChI=1S/C37H37F5N4O5/c38-28-11-5-12-29(39)27(28)21-45-31-23-51-36(14-17-44(18-15-36)20-24-7-4-10-26(19-24)37(40,41)42)33(31)34(49)46(35(45)50)22-30(25-8-2-1-3-9-25)43-16-6-13-32(47)48/h1-5,7-12,19,30,43H,6,13-18,20-23H2,(H,47,48). The number of carboxylic acid groups (broad SMARTS) is 1. The zero-order chi connectivity index (χ0) is 36.3. The monoisotopic (exact) mass is 712 g/mol. The minimum atomic E-state index is -4.47. The molecule has 14 heteroatoms. The smallest absolute Gasteiger partial charge is 0.416 e. The summed E-state index contributed by atoms with van der Waals surface area (Å²) in [5, 5.41) is 12.4. The van der Waals surface area contributed by atoms with E-state index in [1.165, 1.54) is 16.7 Å². The number of likely N-dealkylation sites (tertiary alicyclic amines) is 1. The first kappa shape index (κ1) is 36.1. The van der Waals surface area contributed by atoms with Crippen LogP contribution in [0.25, 0.3) is 0 Å². The fraction of sp³-hybridized carbons (Fsp3) is 0.378. The molecular formula is C37H37F5N4O5. The first-order chi connectivity index (χ1) is 24.4. The van der Waals surface area contributed by atoms with E-state index in [4.69, 9.17) is 9.84 Å². The van der Waals surface area contributed by atoms with Crippen LogP contribution in [0.2, 0.25) is 0 Å². The number of rotatable bonds is 12. The second kappa shape index (κ2) is 14.9. The number of benzene rings is 3.